The third-order valence-corrected chi connectivity index (χ3v) is 4.98. The van der Waals surface area contributed by atoms with Gasteiger partial charge in [-0.1, -0.05) is 18.2 Å². The van der Waals surface area contributed by atoms with Crippen LogP contribution in [0.3, 0.4) is 0 Å². The van der Waals surface area contributed by atoms with Gasteiger partial charge in [0.05, 0.1) is 12.6 Å². The maximum absolute atomic E-state index is 12.8. The van der Waals surface area contributed by atoms with Crippen molar-refractivity contribution in [3.63, 3.8) is 0 Å². The van der Waals surface area contributed by atoms with E-state index in [1.807, 2.05) is 31.2 Å². The minimum Gasteiger partial charge on any atom is -0.381 e. The Bertz CT molecular complexity index is 698. The van der Waals surface area contributed by atoms with Gasteiger partial charge in [-0.25, -0.2) is 0 Å². The lowest BCUT2D eigenvalue weighted by Gasteiger charge is -2.30. The van der Waals surface area contributed by atoms with E-state index in [2.05, 4.69) is 28.5 Å². The van der Waals surface area contributed by atoms with Gasteiger partial charge >= 0.3 is 0 Å². The molecule has 1 aromatic carbocycles. The fourth-order valence-electron chi connectivity index (χ4n) is 3.61. The summed E-state index contributed by atoms with van der Waals surface area (Å²) >= 11 is 0. The lowest BCUT2D eigenvalue weighted by molar-refractivity contribution is 0.0401. The second-order valence-electron chi connectivity index (χ2n) is 6.59. The van der Waals surface area contributed by atoms with Crippen LogP contribution in [0.4, 0.5) is 0 Å². The van der Waals surface area contributed by atoms with Crippen LogP contribution in [0.5, 0.6) is 0 Å². The van der Waals surface area contributed by atoms with Gasteiger partial charge in [-0.15, -0.1) is 0 Å². The summed E-state index contributed by atoms with van der Waals surface area (Å²) in [7, 11) is 1.77. The predicted octanol–water partition coefficient (Wildman–Crippen LogP) is 3.39. The number of nitrogens with zero attached hydrogens (tertiary/aromatic N) is 2. The molecule has 1 saturated heterocycles. The molecule has 1 aromatic heterocycles. The van der Waals surface area contributed by atoms with Crippen molar-refractivity contribution in [2.24, 2.45) is 0 Å². The highest BCUT2D eigenvalue weighted by Crippen LogP contribution is 2.22. The third kappa shape index (κ3) is 3.45. The number of carbonyl (C=O) groups excluding carboxylic acids is 1. The van der Waals surface area contributed by atoms with Crippen LogP contribution >= 0.6 is 0 Å². The highest BCUT2D eigenvalue weighted by molar-refractivity contribution is 5.99. The molecule has 0 atom stereocenters. The van der Waals surface area contributed by atoms with Crippen molar-refractivity contribution >= 4 is 5.78 Å². The largest absolute Gasteiger partial charge is 0.381 e. The summed E-state index contributed by atoms with van der Waals surface area (Å²) in [6, 6.07) is 12.2. The first-order valence-electron chi connectivity index (χ1n) is 8.63. The minimum atomic E-state index is 0.209. The van der Waals surface area contributed by atoms with Crippen LogP contribution in [0.2, 0.25) is 0 Å². The molecule has 0 aliphatic carbocycles. The molecule has 0 bridgehead atoms. The molecule has 1 aliphatic heterocycles. The van der Waals surface area contributed by atoms with E-state index in [4.69, 9.17) is 4.74 Å². The molecule has 3 rings (SSSR count). The molecule has 128 valence electrons. The monoisotopic (exact) mass is 326 g/mol. The number of para-hydroxylation sites is 1. The van der Waals surface area contributed by atoms with E-state index < -0.39 is 0 Å². The number of benzene rings is 1. The maximum Gasteiger partial charge on any atom is 0.178 e. The fraction of sp³-hybridized carbons (Fsp3) is 0.450. The van der Waals surface area contributed by atoms with E-state index in [1.54, 1.807) is 7.11 Å². The molecular formula is C20H26N2O2. The molecule has 0 N–H and O–H groups in total. The van der Waals surface area contributed by atoms with Crippen LogP contribution in [0, 0.1) is 13.8 Å². The number of ketones is 1. The smallest absolute Gasteiger partial charge is 0.178 e. The van der Waals surface area contributed by atoms with E-state index in [-0.39, 0.29) is 5.78 Å². The molecule has 2 aromatic rings. The zero-order valence-corrected chi connectivity index (χ0v) is 14.8. The molecule has 4 nitrogen and oxygen atoms in total. The Morgan fingerprint density at radius 1 is 1.17 bits per heavy atom. The first-order chi connectivity index (χ1) is 11.6. The summed E-state index contributed by atoms with van der Waals surface area (Å²) in [6.45, 7) is 6.45. The predicted molar refractivity (Wildman–Crippen MR) is 96.0 cm³/mol. The quantitative estimate of drug-likeness (QED) is 0.790. The zero-order chi connectivity index (χ0) is 17.1. The number of aryl methyl sites for hydroxylation is 1. The van der Waals surface area contributed by atoms with Crippen molar-refractivity contribution in [2.75, 3.05) is 26.7 Å². The summed E-state index contributed by atoms with van der Waals surface area (Å²) in [5.41, 5.74) is 4.06. The zero-order valence-electron chi connectivity index (χ0n) is 14.8. The number of hydrogen-bond donors (Lipinski definition) is 0. The van der Waals surface area contributed by atoms with E-state index in [9.17, 15) is 4.79 Å². The number of methoxy groups -OCH3 is 1. The Morgan fingerprint density at radius 2 is 1.83 bits per heavy atom. The molecular weight excluding hydrogens is 300 g/mol. The van der Waals surface area contributed by atoms with Gasteiger partial charge < -0.3 is 9.30 Å². The van der Waals surface area contributed by atoms with Crippen molar-refractivity contribution in [1.29, 1.82) is 0 Å². The van der Waals surface area contributed by atoms with Gasteiger partial charge in [0.25, 0.3) is 0 Å². The van der Waals surface area contributed by atoms with Gasteiger partial charge in [-0.3, -0.25) is 9.69 Å². The summed E-state index contributed by atoms with van der Waals surface area (Å²) in [4.78, 5) is 15.0. The van der Waals surface area contributed by atoms with Gasteiger partial charge in [0.15, 0.2) is 5.78 Å². The molecule has 0 spiro atoms. The Kier molecular flexibility index (Phi) is 5.17. The SMILES string of the molecule is COC1CCN(CC(=O)c2cc(C)n(-c3ccccc3)c2C)CC1. The summed E-state index contributed by atoms with van der Waals surface area (Å²) in [6.07, 6.45) is 2.36. The summed E-state index contributed by atoms with van der Waals surface area (Å²) in [5.74, 6) is 0.209. The van der Waals surface area contributed by atoms with E-state index in [1.165, 1.54) is 0 Å². The fourth-order valence-corrected chi connectivity index (χ4v) is 3.61. The van der Waals surface area contributed by atoms with Crippen LogP contribution in [-0.2, 0) is 4.74 Å². The van der Waals surface area contributed by atoms with Crippen LogP contribution in [0.1, 0.15) is 34.6 Å². The van der Waals surface area contributed by atoms with Gasteiger partial charge in [0, 0.05) is 42.8 Å². The lowest BCUT2D eigenvalue weighted by Crippen LogP contribution is -2.39. The van der Waals surface area contributed by atoms with Crippen LogP contribution < -0.4 is 0 Å². The van der Waals surface area contributed by atoms with Gasteiger partial charge in [-0.05, 0) is 44.9 Å². The molecule has 1 aliphatic rings. The Hall–Kier alpha value is -1.91. The van der Waals surface area contributed by atoms with E-state index >= 15 is 0 Å². The summed E-state index contributed by atoms with van der Waals surface area (Å²) < 4.78 is 7.56. The average Bonchev–Trinajstić information content (AvgIpc) is 2.91. The van der Waals surface area contributed by atoms with Gasteiger partial charge in [0.1, 0.15) is 0 Å². The van der Waals surface area contributed by atoms with Crippen LogP contribution in [0.15, 0.2) is 36.4 Å². The standard InChI is InChI=1S/C20H26N2O2/c1-15-13-19(16(2)22(15)17-7-5-4-6-8-17)20(23)14-21-11-9-18(24-3)10-12-21/h4-8,13,18H,9-12,14H2,1-3H3. The molecule has 24 heavy (non-hydrogen) atoms. The Morgan fingerprint density at radius 3 is 2.46 bits per heavy atom. The number of carbonyl (C=O) groups is 1. The van der Waals surface area contributed by atoms with E-state index in [0.717, 1.165) is 48.6 Å². The first-order valence-corrected chi connectivity index (χ1v) is 8.63. The van der Waals surface area contributed by atoms with Crippen molar-refractivity contribution in [3.05, 3.63) is 53.3 Å². The number of piperidine rings is 1. The number of aromatic nitrogens is 1. The van der Waals surface area contributed by atoms with Crippen molar-refractivity contribution < 1.29 is 9.53 Å². The molecule has 0 saturated carbocycles. The van der Waals surface area contributed by atoms with E-state index in [0.29, 0.717) is 12.6 Å². The number of ether oxygens (including phenoxy) is 1. The Labute approximate surface area is 144 Å². The number of rotatable bonds is 5. The molecule has 0 unspecified atom stereocenters. The second kappa shape index (κ2) is 7.32. The van der Waals surface area contributed by atoms with Crippen molar-refractivity contribution in [3.8, 4) is 5.69 Å². The lowest BCUT2D eigenvalue weighted by atomic mass is 10.1. The highest BCUT2D eigenvalue weighted by Gasteiger charge is 2.23. The molecule has 0 radical (unpaired) electrons. The third-order valence-electron chi connectivity index (χ3n) is 4.98. The molecule has 4 heteroatoms. The number of likely N-dealkylation sites (tertiary alicyclic amines) is 1. The number of Topliss-reactive ketones (excluding diaryl/α,β-unsaturated/α-hetero) is 1. The van der Waals surface area contributed by atoms with Crippen LogP contribution in [0.25, 0.3) is 5.69 Å². The maximum atomic E-state index is 12.8. The molecule has 1 fully saturated rings. The second-order valence-corrected chi connectivity index (χ2v) is 6.59. The van der Waals surface area contributed by atoms with Crippen LogP contribution in [-0.4, -0.2) is 48.1 Å². The molecule has 2 heterocycles. The Balaban J connectivity index is 1.75. The molecule has 0 amide bonds. The van der Waals surface area contributed by atoms with Crippen molar-refractivity contribution in [1.82, 2.24) is 9.47 Å². The highest BCUT2D eigenvalue weighted by atomic mass is 16.5. The normalized spacial score (nSPS) is 16.5. The number of hydrogen-bond acceptors (Lipinski definition) is 3. The summed E-state index contributed by atoms with van der Waals surface area (Å²) in [5, 5.41) is 0. The van der Waals surface area contributed by atoms with Gasteiger partial charge in [-0.2, -0.15) is 0 Å². The average molecular weight is 326 g/mol. The minimum absolute atomic E-state index is 0.209. The first kappa shape index (κ1) is 16.9. The topological polar surface area (TPSA) is 34.5 Å². The van der Waals surface area contributed by atoms with Crippen molar-refractivity contribution in [2.45, 2.75) is 32.8 Å². The van der Waals surface area contributed by atoms with Gasteiger partial charge in [0.2, 0.25) is 0 Å².